The summed E-state index contributed by atoms with van der Waals surface area (Å²) in [5.74, 6) is 6.93. The number of hydrogen-bond donors (Lipinski definition) is 6. The van der Waals surface area contributed by atoms with Crippen LogP contribution in [-0.4, -0.2) is 77.2 Å². The summed E-state index contributed by atoms with van der Waals surface area (Å²) in [6, 6.07) is 1.87. The highest BCUT2D eigenvalue weighted by Crippen LogP contribution is 2.16. The molecule has 0 aromatic carbocycles. The number of anilines is 3. The van der Waals surface area contributed by atoms with Gasteiger partial charge in [-0.25, -0.2) is 30.4 Å². The number of nitrogens with zero attached hydrogens (tertiary/aromatic N) is 4. The van der Waals surface area contributed by atoms with Crippen molar-refractivity contribution in [2.75, 3.05) is 39.1 Å². The van der Waals surface area contributed by atoms with Gasteiger partial charge in [0.25, 0.3) is 0 Å². The van der Waals surface area contributed by atoms with Gasteiger partial charge in [0.15, 0.2) is 0 Å². The van der Waals surface area contributed by atoms with Gasteiger partial charge in [-0.1, -0.05) is 69.9 Å². The van der Waals surface area contributed by atoms with Crippen molar-refractivity contribution < 1.29 is 19.8 Å². The minimum absolute atomic E-state index is 0.233. The van der Waals surface area contributed by atoms with Crippen molar-refractivity contribution in [1.29, 1.82) is 0 Å². The molecule has 0 fully saturated rings. The zero-order valence-corrected chi connectivity index (χ0v) is 37.5. The van der Waals surface area contributed by atoms with Gasteiger partial charge in [0.2, 0.25) is 11.9 Å². The monoisotopic (exact) mass is 836 g/mol. The first-order valence-corrected chi connectivity index (χ1v) is 22.1. The largest absolute Gasteiger partial charge is 0.480 e. The quantitative estimate of drug-likeness (QED) is 0.0216. The fourth-order valence-electron chi connectivity index (χ4n) is 5.02. The van der Waals surface area contributed by atoms with Crippen LogP contribution >= 0.6 is 23.5 Å². The van der Waals surface area contributed by atoms with Crippen molar-refractivity contribution in [3.63, 3.8) is 0 Å². The van der Waals surface area contributed by atoms with Gasteiger partial charge >= 0.3 is 11.9 Å². The molecule has 0 saturated heterocycles. The molecule has 2 atom stereocenters. The van der Waals surface area contributed by atoms with E-state index in [4.69, 9.17) is 5.84 Å². The van der Waals surface area contributed by atoms with Crippen LogP contribution < -0.4 is 21.9 Å². The van der Waals surface area contributed by atoms with E-state index in [0.717, 1.165) is 62.9 Å². The second kappa shape index (κ2) is 31.6. The first-order valence-electron chi connectivity index (χ1n) is 19.8. The van der Waals surface area contributed by atoms with Gasteiger partial charge in [0.05, 0.1) is 0 Å². The van der Waals surface area contributed by atoms with Crippen LogP contribution in [0.4, 0.5) is 17.7 Å². The predicted octanol–water partition coefficient (Wildman–Crippen LogP) is 10.3. The normalized spacial score (nSPS) is 13.1. The summed E-state index contributed by atoms with van der Waals surface area (Å²) in [5, 5.41) is 24.6. The predicted molar refractivity (Wildman–Crippen MR) is 247 cm³/mol. The number of allylic oxidation sites excluding steroid dienone is 10. The van der Waals surface area contributed by atoms with E-state index in [2.05, 4.69) is 128 Å². The molecule has 0 aliphatic carbocycles. The van der Waals surface area contributed by atoms with Crippen molar-refractivity contribution in [2.45, 2.75) is 119 Å². The third kappa shape index (κ3) is 27.3. The highest BCUT2D eigenvalue weighted by atomic mass is 32.2. The Kier molecular flexibility index (Phi) is 28.1. The summed E-state index contributed by atoms with van der Waals surface area (Å²) in [6.07, 6.45) is 26.9. The van der Waals surface area contributed by atoms with Crippen LogP contribution in [0.3, 0.4) is 0 Å². The molecule has 0 saturated carbocycles. The Hall–Kier alpha value is -4.40. The van der Waals surface area contributed by atoms with E-state index in [9.17, 15) is 19.8 Å². The lowest BCUT2D eigenvalue weighted by Crippen LogP contribution is -2.32. The Morgan fingerprint density at radius 1 is 0.621 bits per heavy atom. The van der Waals surface area contributed by atoms with Crippen LogP contribution in [0.25, 0.3) is 0 Å². The molecule has 0 amide bonds. The molecule has 2 heterocycles. The van der Waals surface area contributed by atoms with Crippen molar-refractivity contribution in [1.82, 2.24) is 19.9 Å². The standard InChI is InChI=1S/C22H35N5O2S.C22H33N3O2S/c1-16(2)7-5-8-17(3)9-6-10-18(4)12-14-30-15-19(21(28)29)25-20-11-13-24-22(26-20)27-23;1-17(2)8-5-9-18(3)10-6-11-19(4)12-15-28-16-20(21(26)27)25-22-23-13-7-14-24-22/h7,9,11-13,19H,5-6,8,10,14-15,23H2,1-4H3,(H,28,29)(H2,24,25,26,27);7-8,10,12-14,20H,5-6,9,11,15-16H2,1-4H3,(H,26,27)(H,23,24,25)/b17-9+,18-12+;18-10+,19-12+. The minimum Gasteiger partial charge on any atom is -0.480 e. The van der Waals surface area contributed by atoms with E-state index in [1.165, 1.54) is 39.6 Å². The van der Waals surface area contributed by atoms with Crippen LogP contribution in [0.1, 0.15) is 107 Å². The maximum absolute atomic E-state index is 11.5. The number of nitrogen functional groups attached to an aromatic ring is 1. The van der Waals surface area contributed by atoms with E-state index < -0.39 is 24.0 Å². The van der Waals surface area contributed by atoms with Gasteiger partial charge in [-0.3, -0.25) is 5.43 Å². The van der Waals surface area contributed by atoms with E-state index in [-0.39, 0.29) is 5.95 Å². The zero-order chi connectivity index (χ0) is 43.1. The van der Waals surface area contributed by atoms with Gasteiger partial charge in [-0.05, 0) is 119 Å². The number of aromatic nitrogens is 4. The third-order valence-electron chi connectivity index (χ3n) is 8.49. The summed E-state index contributed by atoms with van der Waals surface area (Å²) in [5.41, 5.74) is 10.6. The van der Waals surface area contributed by atoms with Crippen LogP contribution in [-0.2, 0) is 9.59 Å². The summed E-state index contributed by atoms with van der Waals surface area (Å²) in [4.78, 5) is 38.9. The lowest BCUT2D eigenvalue weighted by atomic mass is 10.1. The van der Waals surface area contributed by atoms with Crippen molar-refractivity contribution in [2.24, 2.45) is 5.84 Å². The number of hydrogen-bond acceptors (Lipinski definition) is 12. The lowest BCUT2D eigenvalue weighted by Gasteiger charge is -2.14. The molecule has 2 aromatic heterocycles. The molecule has 0 radical (unpaired) electrons. The van der Waals surface area contributed by atoms with Crippen molar-refractivity contribution in [3.05, 3.63) is 101 Å². The summed E-state index contributed by atoms with van der Waals surface area (Å²) >= 11 is 3.17. The molecule has 0 spiro atoms. The lowest BCUT2D eigenvalue weighted by molar-refractivity contribution is -0.138. The first-order chi connectivity index (χ1) is 27.7. The number of carboxylic acid groups (broad SMARTS) is 2. The molecule has 58 heavy (non-hydrogen) atoms. The minimum atomic E-state index is -0.919. The maximum Gasteiger partial charge on any atom is 0.327 e. The van der Waals surface area contributed by atoms with E-state index in [1.807, 2.05) is 0 Å². The smallest absolute Gasteiger partial charge is 0.327 e. The number of nitrogens with two attached hydrogens (primary N) is 1. The van der Waals surface area contributed by atoms with Gasteiger partial charge in [-0.2, -0.15) is 28.5 Å². The van der Waals surface area contributed by atoms with Crippen LogP contribution in [0.2, 0.25) is 0 Å². The number of hydrazine groups is 1. The van der Waals surface area contributed by atoms with Crippen molar-refractivity contribution in [3.8, 4) is 0 Å². The van der Waals surface area contributed by atoms with Gasteiger partial charge in [-0.15, -0.1) is 0 Å². The van der Waals surface area contributed by atoms with E-state index in [1.54, 1.807) is 48.1 Å². The van der Waals surface area contributed by atoms with Crippen LogP contribution in [0.15, 0.2) is 101 Å². The van der Waals surface area contributed by atoms with Gasteiger partial charge in [0.1, 0.15) is 17.9 Å². The highest BCUT2D eigenvalue weighted by Gasteiger charge is 2.19. The molecule has 320 valence electrons. The molecular formula is C44H68N8O4S2. The molecule has 7 N–H and O–H groups in total. The third-order valence-corrected chi connectivity index (χ3v) is 10.4. The zero-order valence-electron chi connectivity index (χ0n) is 35.9. The maximum atomic E-state index is 11.5. The van der Waals surface area contributed by atoms with Crippen molar-refractivity contribution >= 4 is 53.2 Å². The Bertz CT molecular complexity index is 1690. The van der Waals surface area contributed by atoms with Gasteiger partial charge < -0.3 is 20.8 Å². The molecule has 12 nitrogen and oxygen atoms in total. The topological polar surface area (TPSA) is 188 Å². The van der Waals surface area contributed by atoms with E-state index >= 15 is 0 Å². The van der Waals surface area contributed by atoms with Crippen LogP contribution in [0, 0.1) is 0 Å². The number of carboxylic acids is 2. The molecule has 0 aliphatic rings. The average molecular weight is 837 g/mol. The average Bonchev–Trinajstić information content (AvgIpc) is 3.17. The second-order valence-corrected chi connectivity index (χ2v) is 16.7. The number of rotatable bonds is 27. The molecule has 14 heteroatoms. The molecule has 0 aliphatic heterocycles. The fourth-order valence-corrected chi connectivity index (χ4v) is 7.02. The van der Waals surface area contributed by atoms with E-state index in [0.29, 0.717) is 23.3 Å². The molecular weight excluding hydrogens is 769 g/mol. The Morgan fingerprint density at radius 3 is 1.47 bits per heavy atom. The Labute approximate surface area is 355 Å². The summed E-state index contributed by atoms with van der Waals surface area (Å²) in [7, 11) is 0. The number of nitrogens with one attached hydrogen (secondary N) is 3. The van der Waals surface area contributed by atoms with Gasteiger partial charge in [0, 0.05) is 41.6 Å². The highest BCUT2D eigenvalue weighted by molar-refractivity contribution is 7.99. The van der Waals surface area contributed by atoms with Crippen LogP contribution in [0.5, 0.6) is 0 Å². The number of carbonyl (C=O) groups is 2. The fraction of sp³-hybridized carbons (Fsp3) is 0.500. The Balaban J connectivity index is 0.000000581. The molecule has 2 unspecified atom stereocenters. The first kappa shape index (κ1) is 51.6. The molecule has 0 bridgehead atoms. The summed E-state index contributed by atoms with van der Waals surface area (Å²) < 4.78 is 0. The molecule has 2 rings (SSSR count). The Morgan fingerprint density at radius 2 is 1.03 bits per heavy atom. The summed E-state index contributed by atoms with van der Waals surface area (Å²) in [6.45, 7) is 17.2. The SMILES string of the molecule is CC(C)=CCC/C(C)=C/CC/C(C)=C/CSCC(Nc1ccnc(NN)n1)C(=O)O.CC(C)=CCC/C(C)=C/CC/C(C)=C/CSCC(Nc1ncccn1)C(=O)O. The second-order valence-electron chi connectivity index (χ2n) is 14.5. The number of aliphatic carboxylic acids is 2. The number of thioether (sulfide) groups is 2. The molecule has 2 aromatic rings.